The number of rotatable bonds is 13. The number of aryl methyl sites for hydroxylation is 3. The molecule has 3 heteroatoms. The van der Waals surface area contributed by atoms with E-state index in [-0.39, 0.29) is 0 Å². The predicted octanol–water partition coefficient (Wildman–Crippen LogP) is 7.53. The van der Waals surface area contributed by atoms with Crippen LogP contribution < -0.4 is 5.30 Å². The Morgan fingerprint density at radius 1 is 0.793 bits per heavy atom. The van der Waals surface area contributed by atoms with Gasteiger partial charge in [-0.15, -0.1) is 0 Å². The standard InChI is InChI=1S/C26H39O2P/c1-5-28-29(27,25-16-12-11-13-17-25)19-15-10-8-6-7-9-14-18-26-23(3)20-22(2)21-24(26)4/h11-13,16-17,20-21H,5-10,14-15,18-19H2,1-4H3. The van der Waals surface area contributed by atoms with Gasteiger partial charge in [0.1, 0.15) is 0 Å². The monoisotopic (exact) mass is 414 g/mol. The van der Waals surface area contributed by atoms with Crippen molar-refractivity contribution in [1.29, 1.82) is 0 Å². The minimum atomic E-state index is -2.69. The summed E-state index contributed by atoms with van der Waals surface area (Å²) in [7, 11) is -2.69. The second kappa shape index (κ2) is 12.4. The molecule has 0 bridgehead atoms. The fourth-order valence-electron chi connectivity index (χ4n) is 4.24. The first-order chi connectivity index (χ1) is 14.0. The summed E-state index contributed by atoms with van der Waals surface area (Å²) in [6, 6.07) is 14.3. The third kappa shape index (κ3) is 7.76. The topological polar surface area (TPSA) is 26.3 Å². The Balaban J connectivity index is 1.62. The van der Waals surface area contributed by atoms with Crippen molar-refractivity contribution < 1.29 is 9.09 Å². The first-order valence-corrected chi connectivity index (χ1v) is 13.1. The molecule has 1 unspecified atom stereocenters. The van der Waals surface area contributed by atoms with Gasteiger partial charge < -0.3 is 4.52 Å². The van der Waals surface area contributed by atoms with Crippen molar-refractivity contribution in [1.82, 2.24) is 0 Å². The number of hydrogen-bond acceptors (Lipinski definition) is 2. The Bertz CT molecular complexity index is 760. The maximum atomic E-state index is 13.2. The molecule has 0 spiro atoms. The molecule has 29 heavy (non-hydrogen) atoms. The van der Waals surface area contributed by atoms with E-state index in [2.05, 4.69) is 32.9 Å². The summed E-state index contributed by atoms with van der Waals surface area (Å²) in [4.78, 5) is 0. The van der Waals surface area contributed by atoms with E-state index in [1.807, 2.05) is 37.3 Å². The highest BCUT2D eigenvalue weighted by Crippen LogP contribution is 2.46. The molecule has 0 saturated carbocycles. The van der Waals surface area contributed by atoms with Crippen LogP contribution in [0.15, 0.2) is 42.5 Å². The van der Waals surface area contributed by atoms with Gasteiger partial charge in [-0.2, -0.15) is 0 Å². The normalized spacial score (nSPS) is 13.4. The quantitative estimate of drug-likeness (QED) is 0.250. The molecule has 0 heterocycles. The van der Waals surface area contributed by atoms with Gasteiger partial charge >= 0.3 is 0 Å². The molecule has 0 aliphatic carbocycles. The van der Waals surface area contributed by atoms with Crippen LogP contribution in [0.4, 0.5) is 0 Å². The molecule has 2 nitrogen and oxygen atoms in total. The van der Waals surface area contributed by atoms with Crippen LogP contribution in [0.3, 0.4) is 0 Å². The van der Waals surface area contributed by atoms with Gasteiger partial charge in [-0.1, -0.05) is 68.0 Å². The van der Waals surface area contributed by atoms with Gasteiger partial charge in [-0.3, -0.25) is 4.57 Å². The Morgan fingerprint density at radius 3 is 1.93 bits per heavy atom. The molecule has 0 aliphatic rings. The third-order valence-corrected chi connectivity index (χ3v) is 8.37. The van der Waals surface area contributed by atoms with Crippen LogP contribution in [-0.2, 0) is 15.5 Å². The zero-order chi connectivity index (χ0) is 21.1. The lowest BCUT2D eigenvalue weighted by Crippen LogP contribution is -2.10. The van der Waals surface area contributed by atoms with Crippen LogP contribution in [0, 0.1) is 20.8 Å². The molecule has 0 aliphatic heterocycles. The third-order valence-electron chi connectivity index (χ3n) is 5.71. The van der Waals surface area contributed by atoms with E-state index in [0.29, 0.717) is 12.8 Å². The summed E-state index contributed by atoms with van der Waals surface area (Å²) in [6.07, 6.45) is 10.4. The average Bonchev–Trinajstić information content (AvgIpc) is 2.69. The smallest absolute Gasteiger partial charge is 0.232 e. The van der Waals surface area contributed by atoms with Crippen molar-refractivity contribution in [3.8, 4) is 0 Å². The Morgan fingerprint density at radius 2 is 1.34 bits per heavy atom. The van der Waals surface area contributed by atoms with Gasteiger partial charge in [0.05, 0.1) is 6.61 Å². The fourth-order valence-corrected chi connectivity index (χ4v) is 6.46. The van der Waals surface area contributed by atoms with Crippen molar-refractivity contribution in [3.05, 3.63) is 64.7 Å². The van der Waals surface area contributed by atoms with Crippen LogP contribution in [0.5, 0.6) is 0 Å². The highest BCUT2D eigenvalue weighted by Gasteiger charge is 2.24. The van der Waals surface area contributed by atoms with Gasteiger partial charge in [0, 0.05) is 11.5 Å². The van der Waals surface area contributed by atoms with Crippen molar-refractivity contribution in [2.75, 3.05) is 12.8 Å². The highest BCUT2D eigenvalue weighted by atomic mass is 31.2. The van der Waals surface area contributed by atoms with Crippen molar-refractivity contribution >= 4 is 12.7 Å². The average molecular weight is 415 g/mol. The maximum Gasteiger partial charge on any atom is 0.232 e. The van der Waals surface area contributed by atoms with Crippen molar-refractivity contribution in [2.24, 2.45) is 0 Å². The minimum Gasteiger partial charge on any atom is -0.326 e. The number of benzene rings is 2. The SMILES string of the molecule is CCOP(=O)(CCCCCCCCCc1c(C)cc(C)cc1C)c1ccccc1. The Labute approximate surface area is 178 Å². The second-order valence-electron chi connectivity index (χ2n) is 8.25. The van der Waals surface area contributed by atoms with E-state index in [0.717, 1.165) is 18.1 Å². The summed E-state index contributed by atoms with van der Waals surface area (Å²) >= 11 is 0. The molecule has 0 saturated heterocycles. The molecule has 160 valence electrons. The molecule has 2 aromatic rings. The van der Waals surface area contributed by atoms with Gasteiger partial charge in [-0.05, 0) is 75.8 Å². The molecular formula is C26H39O2P. The van der Waals surface area contributed by atoms with Crippen LogP contribution in [0.1, 0.15) is 74.1 Å². The van der Waals surface area contributed by atoms with Crippen molar-refractivity contribution in [2.45, 2.75) is 79.1 Å². The zero-order valence-corrected chi connectivity index (χ0v) is 19.8. The van der Waals surface area contributed by atoms with E-state index in [4.69, 9.17) is 4.52 Å². The molecule has 2 rings (SSSR count). The Kier molecular flexibility index (Phi) is 10.2. The minimum absolute atomic E-state index is 0.506. The summed E-state index contributed by atoms with van der Waals surface area (Å²) < 4.78 is 18.9. The van der Waals surface area contributed by atoms with Gasteiger partial charge in [0.2, 0.25) is 7.37 Å². The molecule has 0 aromatic heterocycles. The van der Waals surface area contributed by atoms with E-state index in [1.165, 1.54) is 55.2 Å². The summed E-state index contributed by atoms with van der Waals surface area (Å²) in [5.41, 5.74) is 5.80. The number of unbranched alkanes of at least 4 members (excludes halogenated alkanes) is 6. The van der Waals surface area contributed by atoms with E-state index >= 15 is 0 Å². The van der Waals surface area contributed by atoms with E-state index < -0.39 is 7.37 Å². The highest BCUT2D eigenvalue weighted by molar-refractivity contribution is 7.67. The lowest BCUT2D eigenvalue weighted by molar-refractivity contribution is 0.339. The lowest BCUT2D eigenvalue weighted by Gasteiger charge is -2.18. The molecule has 0 fully saturated rings. The first kappa shape index (κ1) is 23.9. The van der Waals surface area contributed by atoms with Gasteiger partial charge in [-0.25, -0.2) is 0 Å². The van der Waals surface area contributed by atoms with Gasteiger partial charge in [0.15, 0.2) is 0 Å². The molecule has 2 aromatic carbocycles. The predicted molar refractivity (Wildman–Crippen MR) is 127 cm³/mol. The van der Waals surface area contributed by atoms with Crippen LogP contribution in [0.2, 0.25) is 0 Å². The fraction of sp³-hybridized carbons (Fsp3) is 0.538. The van der Waals surface area contributed by atoms with Gasteiger partial charge in [0.25, 0.3) is 0 Å². The van der Waals surface area contributed by atoms with E-state index in [1.54, 1.807) is 5.56 Å². The molecular weight excluding hydrogens is 375 g/mol. The maximum absolute atomic E-state index is 13.2. The first-order valence-electron chi connectivity index (χ1n) is 11.3. The van der Waals surface area contributed by atoms with Crippen LogP contribution in [0.25, 0.3) is 0 Å². The zero-order valence-electron chi connectivity index (χ0n) is 18.9. The second-order valence-corrected chi connectivity index (χ2v) is 10.8. The lowest BCUT2D eigenvalue weighted by atomic mass is 9.95. The Hall–Kier alpha value is -1.37. The van der Waals surface area contributed by atoms with E-state index in [9.17, 15) is 4.57 Å². The molecule has 0 N–H and O–H groups in total. The van der Waals surface area contributed by atoms with Crippen molar-refractivity contribution in [3.63, 3.8) is 0 Å². The molecule has 0 amide bonds. The summed E-state index contributed by atoms with van der Waals surface area (Å²) in [5, 5.41) is 0.864. The summed E-state index contributed by atoms with van der Waals surface area (Å²) in [6.45, 7) is 9.09. The molecule has 1 atom stereocenters. The van der Waals surface area contributed by atoms with Crippen LogP contribution in [-0.4, -0.2) is 12.8 Å². The van der Waals surface area contributed by atoms with Crippen LogP contribution >= 0.6 is 7.37 Å². The number of hydrogen-bond donors (Lipinski definition) is 0. The molecule has 0 radical (unpaired) electrons. The largest absolute Gasteiger partial charge is 0.326 e. The summed E-state index contributed by atoms with van der Waals surface area (Å²) in [5.74, 6) is 0.